The van der Waals surface area contributed by atoms with Crippen LogP contribution in [-0.4, -0.2) is 29.7 Å². The van der Waals surface area contributed by atoms with E-state index in [1.54, 1.807) is 40.2 Å². The van der Waals surface area contributed by atoms with Crippen molar-refractivity contribution in [2.24, 2.45) is 0 Å². The molecule has 0 saturated carbocycles. The Morgan fingerprint density at radius 2 is 1.89 bits per heavy atom. The fourth-order valence-corrected chi connectivity index (χ4v) is 3.88. The van der Waals surface area contributed by atoms with Crippen molar-refractivity contribution in [2.75, 3.05) is 19.0 Å². The first kappa shape index (κ1) is 18.1. The Morgan fingerprint density at radius 3 is 2.54 bits per heavy atom. The minimum Gasteiger partial charge on any atom is -0.480 e. The quantitative estimate of drug-likeness (QED) is 0.523. The molecular formula is C21H17ClN2O4. The molecule has 142 valence electrons. The number of carboxylic acids is 1. The summed E-state index contributed by atoms with van der Waals surface area (Å²) in [4.78, 5) is 26.6. The minimum atomic E-state index is -1.01. The van der Waals surface area contributed by atoms with Crippen molar-refractivity contribution >= 4 is 45.1 Å². The summed E-state index contributed by atoms with van der Waals surface area (Å²) in [5.74, 6) is -1.01. The molecule has 0 aliphatic rings. The molecule has 2 heterocycles. The van der Waals surface area contributed by atoms with Gasteiger partial charge in [0.15, 0.2) is 5.43 Å². The molecule has 2 aromatic heterocycles. The predicted molar refractivity (Wildman–Crippen MR) is 110 cm³/mol. The van der Waals surface area contributed by atoms with Crippen molar-refractivity contribution in [3.05, 3.63) is 64.2 Å². The van der Waals surface area contributed by atoms with Crippen molar-refractivity contribution in [1.82, 2.24) is 4.57 Å². The molecule has 4 rings (SSSR count). The van der Waals surface area contributed by atoms with Gasteiger partial charge < -0.3 is 19.0 Å². The second-order valence-corrected chi connectivity index (χ2v) is 7.15. The summed E-state index contributed by atoms with van der Waals surface area (Å²) < 4.78 is 6.79. The summed E-state index contributed by atoms with van der Waals surface area (Å²) >= 11 is 6.41. The van der Waals surface area contributed by atoms with Gasteiger partial charge in [-0.1, -0.05) is 17.7 Å². The molecule has 0 fully saturated rings. The van der Waals surface area contributed by atoms with E-state index < -0.39 is 5.97 Å². The number of nitrogens with zero attached hydrogens (tertiary/aromatic N) is 2. The van der Waals surface area contributed by atoms with Gasteiger partial charge in [-0.2, -0.15) is 0 Å². The van der Waals surface area contributed by atoms with Crippen LogP contribution < -0.4 is 10.3 Å². The van der Waals surface area contributed by atoms with Gasteiger partial charge in [-0.25, -0.2) is 0 Å². The lowest BCUT2D eigenvalue weighted by Crippen LogP contribution is -2.19. The molecule has 0 aliphatic heterocycles. The van der Waals surface area contributed by atoms with Crippen LogP contribution in [0.2, 0.25) is 5.02 Å². The Balaban J connectivity index is 2.21. The summed E-state index contributed by atoms with van der Waals surface area (Å²) in [6, 6.07) is 10.5. The van der Waals surface area contributed by atoms with Crippen LogP contribution >= 0.6 is 11.6 Å². The van der Waals surface area contributed by atoms with E-state index in [-0.39, 0.29) is 12.0 Å². The summed E-state index contributed by atoms with van der Waals surface area (Å²) in [5, 5.41) is 10.9. The monoisotopic (exact) mass is 396 g/mol. The summed E-state index contributed by atoms with van der Waals surface area (Å²) in [6.07, 6.45) is 3.16. The molecule has 0 unspecified atom stereocenters. The molecule has 2 aromatic carbocycles. The average Bonchev–Trinajstić information content (AvgIpc) is 3.18. The fraction of sp³-hybridized carbons (Fsp3) is 0.143. The van der Waals surface area contributed by atoms with Crippen LogP contribution in [0, 0.1) is 0 Å². The average molecular weight is 397 g/mol. The highest BCUT2D eigenvalue weighted by atomic mass is 35.5. The number of pyridine rings is 1. The number of aromatic nitrogens is 1. The van der Waals surface area contributed by atoms with Gasteiger partial charge in [0.2, 0.25) is 0 Å². The zero-order valence-electron chi connectivity index (χ0n) is 15.3. The van der Waals surface area contributed by atoms with Crippen molar-refractivity contribution < 1.29 is 14.3 Å². The molecule has 4 aromatic rings. The first-order valence-electron chi connectivity index (χ1n) is 8.59. The number of halogens is 1. The number of hydrogen-bond donors (Lipinski definition) is 1. The number of rotatable bonds is 4. The molecule has 0 saturated heterocycles. The normalized spacial score (nSPS) is 11.2. The number of hydrogen-bond acceptors (Lipinski definition) is 4. The second kappa shape index (κ2) is 6.73. The van der Waals surface area contributed by atoms with E-state index in [0.29, 0.717) is 32.5 Å². The van der Waals surface area contributed by atoms with Gasteiger partial charge in [-0.3, -0.25) is 9.59 Å². The lowest BCUT2D eigenvalue weighted by atomic mass is 10.0. The number of anilines is 1. The van der Waals surface area contributed by atoms with E-state index >= 15 is 0 Å². The van der Waals surface area contributed by atoms with Gasteiger partial charge in [-0.15, -0.1) is 0 Å². The van der Waals surface area contributed by atoms with Gasteiger partial charge in [0.05, 0.1) is 34.3 Å². The number of carbonyl (C=O) groups is 1. The van der Waals surface area contributed by atoms with E-state index in [2.05, 4.69) is 0 Å². The molecule has 7 heteroatoms. The van der Waals surface area contributed by atoms with Crippen LogP contribution in [-0.2, 0) is 11.3 Å². The van der Waals surface area contributed by atoms with Gasteiger partial charge >= 0.3 is 5.97 Å². The number of fused-ring (bicyclic) bond motifs is 2. The molecule has 0 aliphatic carbocycles. The molecule has 6 nitrogen and oxygen atoms in total. The highest BCUT2D eigenvalue weighted by Gasteiger charge is 2.19. The molecule has 0 amide bonds. The van der Waals surface area contributed by atoms with Gasteiger partial charge in [0.1, 0.15) is 6.54 Å². The Bertz CT molecular complexity index is 1270. The Kier molecular flexibility index (Phi) is 4.35. The first-order chi connectivity index (χ1) is 13.4. The van der Waals surface area contributed by atoms with Crippen molar-refractivity contribution in [1.29, 1.82) is 0 Å². The topological polar surface area (TPSA) is 75.7 Å². The number of benzene rings is 2. The third-order valence-corrected chi connectivity index (χ3v) is 5.05. The summed E-state index contributed by atoms with van der Waals surface area (Å²) in [6.45, 7) is -0.302. The minimum absolute atomic E-state index is 0.162. The van der Waals surface area contributed by atoms with Crippen molar-refractivity contribution in [3.8, 4) is 11.1 Å². The lowest BCUT2D eigenvalue weighted by Gasteiger charge is -2.22. The van der Waals surface area contributed by atoms with Crippen LogP contribution in [0.4, 0.5) is 5.69 Å². The smallest absolute Gasteiger partial charge is 0.323 e. The second-order valence-electron chi connectivity index (χ2n) is 6.74. The van der Waals surface area contributed by atoms with E-state index in [1.165, 1.54) is 0 Å². The Hall–Kier alpha value is -3.25. The largest absolute Gasteiger partial charge is 0.480 e. The predicted octanol–water partition coefficient (Wildman–Crippen LogP) is 4.22. The first-order valence-corrected chi connectivity index (χ1v) is 8.96. The molecule has 0 bridgehead atoms. The summed E-state index contributed by atoms with van der Waals surface area (Å²) in [5.41, 5.74) is 3.15. The number of furan rings is 1. The molecular weight excluding hydrogens is 380 g/mol. The van der Waals surface area contributed by atoms with Crippen LogP contribution in [0.5, 0.6) is 0 Å². The maximum Gasteiger partial charge on any atom is 0.323 e. The highest BCUT2D eigenvalue weighted by Crippen LogP contribution is 2.35. The Morgan fingerprint density at radius 1 is 1.14 bits per heavy atom. The van der Waals surface area contributed by atoms with Crippen molar-refractivity contribution in [3.63, 3.8) is 0 Å². The number of carboxylic acid groups (broad SMARTS) is 1. The van der Waals surface area contributed by atoms with Gasteiger partial charge in [0.25, 0.3) is 0 Å². The maximum absolute atomic E-state index is 13.2. The van der Waals surface area contributed by atoms with Crippen LogP contribution in [0.15, 0.2) is 58.1 Å². The maximum atomic E-state index is 13.2. The van der Waals surface area contributed by atoms with E-state index in [9.17, 15) is 14.7 Å². The van der Waals surface area contributed by atoms with Crippen LogP contribution in [0.3, 0.4) is 0 Å². The molecule has 1 N–H and O–H groups in total. The van der Waals surface area contributed by atoms with Gasteiger partial charge in [-0.05, 0) is 35.9 Å². The third kappa shape index (κ3) is 2.82. The van der Waals surface area contributed by atoms with E-state index in [1.807, 2.05) is 32.3 Å². The molecule has 0 spiro atoms. The zero-order valence-corrected chi connectivity index (χ0v) is 16.0. The fourth-order valence-electron chi connectivity index (χ4n) is 3.56. The Labute approximate surface area is 165 Å². The summed E-state index contributed by atoms with van der Waals surface area (Å²) in [7, 11) is 3.62. The number of aliphatic carboxylic acids is 1. The van der Waals surface area contributed by atoms with E-state index in [4.69, 9.17) is 16.0 Å². The van der Waals surface area contributed by atoms with Crippen molar-refractivity contribution in [2.45, 2.75) is 6.54 Å². The van der Waals surface area contributed by atoms with Gasteiger partial charge in [0, 0.05) is 30.4 Å². The van der Waals surface area contributed by atoms with Crippen LogP contribution in [0.1, 0.15) is 0 Å². The molecule has 0 atom stereocenters. The lowest BCUT2D eigenvalue weighted by molar-refractivity contribution is -0.137. The molecule has 0 radical (unpaired) electrons. The van der Waals surface area contributed by atoms with E-state index in [0.717, 1.165) is 11.1 Å². The molecule has 28 heavy (non-hydrogen) atoms. The van der Waals surface area contributed by atoms with Crippen LogP contribution in [0.25, 0.3) is 32.9 Å². The third-order valence-electron chi connectivity index (χ3n) is 4.74. The standard InChI is InChI=1S/C21H17ClN2O4/c1-23(2)20-16(22)6-5-15-19(20)24(10-18(25)26)17-9-12(13-7-8-28-11-13)3-4-14(17)21(15)27/h3-9,11H,10H2,1-2H3,(H,25,26). The highest BCUT2D eigenvalue weighted by molar-refractivity contribution is 6.35. The SMILES string of the molecule is CN(C)c1c(Cl)ccc2c(=O)c3ccc(-c4ccoc4)cc3n(CC(=O)O)c12. The zero-order chi connectivity index (χ0) is 20.0.